The molecule has 100 valence electrons. The Morgan fingerprint density at radius 2 is 2.00 bits per heavy atom. The van der Waals surface area contributed by atoms with Gasteiger partial charge >= 0.3 is 0 Å². The minimum absolute atomic E-state index is 0.450. The molecule has 1 saturated carbocycles. The van der Waals surface area contributed by atoms with Gasteiger partial charge in [0.2, 0.25) is 0 Å². The molecule has 1 aromatic carbocycles. The van der Waals surface area contributed by atoms with Crippen LogP contribution in [0.5, 0.6) is 0 Å². The molecule has 0 amide bonds. The van der Waals surface area contributed by atoms with Gasteiger partial charge in [-0.25, -0.2) is 0 Å². The van der Waals surface area contributed by atoms with Crippen LogP contribution in [0.2, 0.25) is 5.02 Å². The monoisotopic (exact) mass is 355 g/mol. The van der Waals surface area contributed by atoms with Crippen molar-refractivity contribution in [2.75, 3.05) is 0 Å². The lowest BCUT2D eigenvalue weighted by Gasteiger charge is -2.18. The van der Waals surface area contributed by atoms with E-state index in [0.717, 1.165) is 17.5 Å². The fourth-order valence-corrected chi connectivity index (χ4v) is 3.88. The van der Waals surface area contributed by atoms with E-state index in [1.54, 1.807) is 11.3 Å². The predicted octanol–water partition coefficient (Wildman–Crippen LogP) is 5.40. The van der Waals surface area contributed by atoms with Crippen molar-refractivity contribution in [2.24, 2.45) is 5.92 Å². The summed E-state index contributed by atoms with van der Waals surface area (Å²) in [5, 5.41) is 6.62. The first-order chi connectivity index (χ1) is 9.24. The maximum atomic E-state index is 5.97. The smallest absolute Gasteiger partial charge is 0.0406 e. The van der Waals surface area contributed by atoms with Gasteiger partial charge in [-0.2, -0.15) is 0 Å². The number of benzene rings is 1. The van der Waals surface area contributed by atoms with Crippen LogP contribution in [-0.4, -0.2) is 0 Å². The van der Waals surface area contributed by atoms with Crippen LogP contribution in [0.3, 0.4) is 0 Å². The van der Waals surface area contributed by atoms with Crippen LogP contribution < -0.4 is 5.32 Å². The van der Waals surface area contributed by atoms with E-state index in [4.69, 9.17) is 11.6 Å². The van der Waals surface area contributed by atoms with E-state index >= 15 is 0 Å². The van der Waals surface area contributed by atoms with Crippen molar-refractivity contribution in [1.82, 2.24) is 5.32 Å². The summed E-state index contributed by atoms with van der Waals surface area (Å²) in [6, 6.07) is 10.8. The van der Waals surface area contributed by atoms with Gasteiger partial charge in [0.05, 0.1) is 0 Å². The summed E-state index contributed by atoms with van der Waals surface area (Å²) in [4.78, 5) is 1.36. The molecule has 1 aliphatic carbocycles. The second kappa shape index (κ2) is 5.96. The van der Waals surface area contributed by atoms with E-state index in [-0.39, 0.29) is 0 Å². The first-order valence-corrected chi connectivity index (χ1v) is 8.50. The first-order valence-electron chi connectivity index (χ1n) is 6.45. The SMILES string of the molecule is Clc1ccc(C(NCc2sccc2Br)C2CC2)cc1. The molecule has 1 atom stereocenters. The summed E-state index contributed by atoms with van der Waals surface area (Å²) < 4.78 is 1.20. The van der Waals surface area contributed by atoms with Crippen LogP contribution in [0, 0.1) is 5.92 Å². The van der Waals surface area contributed by atoms with E-state index in [1.807, 2.05) is 12.1 Å². The molecule has 19 heavy (non-hydrogen) atoms. The molecule has 4 heteroatoms. The molecular weight excluding hydrogens is 342 g/mol. The zero-order valence-corrected chi connectivity index (χ0v) is 13.6. The number of hydrogen-bond acceptors (Lipinski definition) is 2. The van der Waals surface area contributed by atoms with Crippen LogP contribution in [0.25, 0.3) is 0 Å². The highest BCUT2D eigenvalue weighted by atomic mass is 79.9. The largest absolute Gasteiger partial charge is 0.305 e. The zero-order valence-electron chi connectivity index (χ0n) is 10.4. The van der Waals surface area contributed by atoms with Gasteiger partial charge in [0.15, 0.2) is 0 Å². The summed E-state index contributed by atoms with van der Waals surface area (Å²) >= 11 is 11.3. The van der Waals surface area contributed by atoms with Crippen molar-refractivity contribution < 1.29 is 0 Å². The van der Waals surface area contributed by atoms with Crippen molar-refractivity contribution in [1.29, 1.82) is 0 Å². The first kappa shape index (κ1) is 13.6. The Balaban J connectivity index is 1.71. The van der Waals surface area contributed by atoms with Gasteiger partial charge in [-0.05, 0) is 63.8 Å². The van der Waals surface area contributed by atoms with Crippen LogP contribution in [0.15, 0.2) is 40.2 Å². The Kier molecular flexibility index (Phi) is 4.27. The zero-order chi connectivity index (χ0) is 13.2. The molecule has 0 bridgehead atoms. The van der Waals surface area contributed by atoms with Crippen molar-refractivity contribution in [2.45, 2.75) is 25.4 Å². The number of halogens is 2. The summed E-state index contributed by atoms with van der Waals surface area (Å²) in [7, 11) is 0. The normalized spacial score (nSPS) is 16.5. The third-order valence-corrected chi connectivity index (χ3v) is 5.67. The van der Waals surface area contributed by atoms with Gasteiger partial charge in [-0.3, -0.25) is 0 Å². The molecule has 0 spiro atoms. The highest BCUT2D eigenvalue weighted by Crippen LogP contribution is 2.41. The number of hydrogen-bond donors (Lipinski definition) is 1. The molecule has 3 rings (SSSR count). The molecule has 1 nitrogen and oxygen atoms in total. The minimum atomic E-state index is 0.450. The quantitative estimate of drug-likeness (QED) is 0.756. The minimum Gasteiger partial charge on any atom is -0.305 e. The summed E-state index contributed by atoms with van der Waals surface area (Å²) in [6.45, 7) is 0.919. The van der Waals surface area contributed by atoms with Crippen LogP contribution in [-0.2, 0) is 6.54 Å². The molecule has 1 fully saturated rings. The molecule has 0 radical (unpaired) electrons. The second-order valence-corrected chi connectivity index (χ2v) is 7.23. The van der Waals surface area contributed by atoms with E-state index in [1.165, 1.54) is 27.8 Å². The molecule has 1 unspecified atom stereocenters. The Morgan fingerprint density at radius 1 is 1.26 bits per heavy atom. The third kappa shape index (κ3) is 3.40. The molecule has 0 saturated heterocycles. The van der Waals surface area contributed by atoms with Crippen molar-refractivity contribution >= 4 is 38.9 Å². The molecule has 1 N–H and O–H groups in total. The van der Waals surface area contributed by atoms with Gasteiger partial charge in [0.25, 0.3) is 0 Å². The number of thiophene rings is 1. The summed E-state index contributed by atoms with van der Waals surface area (Å²) in [5.41, 5.74) is 1.35. The average molecular weight is 357 g/mol. The molecule has 0 aliphatic heterocycles. The molecule has 1 heterocycles. The Hall–Kier alpha value is -0.350. The fourth-order valence-electron chi connectivity index (χ4n) is 2.31. The highest BCUT2D eigenvalue weighted by molar-refractivity contribution is 9.10. The molecule has 1 aromatic heterocycles. The van der Waals surface area contributed by atoms with Gasteiger partial charge in [0, 0.05) is 27.0 Å². The lowest BCUT2D eigenvalue weighted by molar-refractivity contribution is 0.482. The highest BCUT2D eigenvalue weighted by Gasteiger charge is 2.32. The topological polar surface area (TPSA) is 12.0 Å². The lowest BCUT2D eigenvalue weighted by Crippen LogP contribution is -2.22. The maximum absolute atomic E-state index is 5.97. The van der Waals surface area contributed by atoms with E-state index < -0.39 is 0 Å². The molecule has 2 aromatic rings. The number of rotatable bonds is 5. The number of nitrogens with one attached hydrogen (secondary N) is 1. The van der Waals surface area contributed by atoms with Crippen molar-refractivity contribution in [3.05, 3.63) is 55.6 Å². The summed E-state index contributed by atoms with van der Waals surface area (Å²) in [5.74, 6) is 0.778. The molecule has 1 aliphatic rings. The van der Waals surface area contributed by atoms with Gasteiger partial charge in [-0.15, -0.1) is 11.3 Å². The Bertz CT molecular complexity index is 548. The van der Waals surface area contributed by atoms with Gasteiger partial charge < -0.3 is 5.32 Å². The van der Waals surface area contributed by atoms with Gasteiger partial charge in [-0.1, -0.05) is 23.7 Å². The van der Waals surface area contributed by atoms with Crippen molar-refractivity contribution in [3.8, 4) is 0 Å². The lowest BCUT2D eigenvalue weighted by atomic mass is 10.0. The van der Waals surface area contributed by atoms with Crippen LogP contribution in [0.1, 0.15) is 29.3 Å². The predicted molar refractivity (Wildman–Crippen MR) is 85.8 cm³/mol. The standard InChI is InChI=1S/C15H15BrClNS/c16-13-7-8-19-14(13)9-18-15(10-1-2-10)11-3-5-12(17)6-4-11/h3-8,10,15,18H,1-2,9H2. The van der Waals surface area contributed by atoms with Crippen LogP contribution in [0.4, 0.5) is 0 Å². The third-order valence-electron chi connectivity index (χ3n) is 3.50. The van der Waals surface area contributed by atoms with Gasteiger partial charge in [0.1, 0.15) is 0 Å². The van der Waals surface area contributed by atoms with E-state index in [9.17, 15) is 0 Å². The Labute approximate surface area is 131 Å². The maximum Gasteiger partial charge on any atom is 0.0406 e. The average Bonchev–Trinajstić information content (AvgIpc) is 3.16. The fraction of sp³-hybridized carbons (Fsp3) is 0.333. The summed E-state index contributed by atoms with van der Waals surface area (Å²) in [6.07, 6.45) is 2.65. The Morgan fingerprint density at radius 3 is 2.58 bits per heavy atom. The van der Waals surface area contributed by atoms with E-state index in [2.05, 4.69) is 44.8 Å². The van der Waals surface area contributed by atoms with Crippen molar-refractivity contribution in [3.63, 3.8) is 0 Å². The molecular formula is C15H15BrClNS. The second-order valence-electron chi connectivity index (χ2n) is 4.94. The van der Waals surface area contributed by atoms with E-state index in [0.29, 0.717) is 6.04 Å². The van der Waals surface area contributed by atoms with Crippen LogP contribution >= 0.6 is 38.9 Å².